The lowest BCUT2D eigenvalue weighted by Gasteiger charge is -2.14. The first-order valence-electron chi connectivity index (χ1n) is 11.8. The maximum atomic E-state index is 11.6. The van der Waals surface area contributed by atoms with Crippen molar-refractivity contribution in [2.45, 2.75) is 6.42 Å². The maximum Gasteiger partial charge on any atom is 0.274 e. The number of nitrogens with one attached hydrogen (secondary N) is 2. The maximum absolute atomic E-state index is 11.6. The van der Waals surface area contributed by atoms with Gasteiger partial charge in [0, 0.05) is 17.5 Å². The molecule has 4 aromatic carbocycles. The summed E-state index contributed by atoms with van der Waals surface area (Å²) in [6, 6.07) is 29.4. The van der Waals surface area contributed by atoms with E-state index in [2.05, 4.69) is 41.7 Å². The van der Waals surface area contributed by atoms with Crippen LogP contribution in [-0.2, 0) is 6.42 Å². The molecule has 4 aromatic rings. The summed E-state index contributed by atoms with van der Waals surface area (Å²) in [5.41, 5.74) is 5.29. The molecule has 0 saturated heterocycles. The molecule has 0 fully saturated rings. The molecule has 0 spiro atoms. The van der Waals surface area contributed by atoms with Crippen LogP contribution in [0.1, 0.15) is 21.5 Å². The molecule has 0 saturated carbocycles. The van der Waals surface area contributed by atoms with Crippen molar-refractivity contribution >= 4 is 22.8 Å². The Labute approximate surface area is 211 Å². The van der Waals surface area contributed by atoms with Gasteiger partial charge in [-0.15, -0.1) is 0 Å². The van der Waals surface area contributed by atoms with E-state index in [1.165, 1.54) is 5.56 Å². The zero-order chi connectivity index (χ0) is 25.2. The van der Waals surface area contributed by atoms with Crippen LogP contribution in [0.3, 0.4) is 0 Å². The monoisotopic (exact) mass is 482 g/mol. The Morgan fingerprint density at radius 2 is 1.67 bits per heavy atom. The number of ether oxygens (including phenoxy) is 2. The van der Waals surface area contributed by atoms with Crippen molar-refractivity contribution in [3.63, 3.8) is 0 Å². The number of amides is 1. The molecule has 3 N–H and O–H groups in total. The molecule has 1 amide bonds. The SMILES string of the molecule is COc1ccc(CCNCC(=Cc2ccc(C(=O)NO)cc2)COc2cccc3ccccc23)cc1. The Balaban J connectivity index is 1.45. The Morgan fingerprint density at radius 3 is 2.42 bits per heavy atom. The average Bonchev–Trinajstić information content (AvgIpc) is 2.94. The molecule has 6 nitrogen and oxygen atoms in total. The number of carbonyl (C=O) groups is 1. The Morgan fingerprint density at radius 1 is 0.917 bits per heavy atom. The van der Waals surface area contributed by atoms with Gasteiger partial charge in [-0.05, 0) is 65.4 Å². The van der Waals surface area contributed by atoms with E-state index in [1.807, 2.05) is 48.5 Å². The van der Waals surface area contributed by atoms with E-state index in [0.717, 1.165) is 46.4 Å². The Bertz CT molecular complexity index is 1310. The first-order chi connectivity index (χ1) is 17.7. The molecular weight excluding hydrogens is 452 g/mol. The van der Waals surface area contributed by atoms with Crippen LogP contribution in [0.4, 0.5) is 0 Å². The molecule has 0 atom stereocenters. The standard InChI is InChI=1S/C30H30N2O4/c1-35-27-15-11-22(12-16-27)17-18-31-20-24(19-23-9-13-26(14-10-23)30(33)32-34)21-36-29-8-4-6-25-5-2-3-7-28(25)29/h2-16,19,31,34H,17-18,20-21H2,1H3,(H,32,33). The second kappa shape index (κ2) is 12.5. The summed E-state index contributed by atoms with van der Waals surface area (Å²) in [7, 11) is 1.67. The third kappa shape index (κ3) is 6.72. The van der Waals surface area contributed by atoms with Crippen LogP contribution < -0.4 is 20.3 Å². The van der Waals surface area contributed by atoms with E-state index in [-0.39, 0.29) is 0 Å². The highest BCUT2D eigenvalue weighted by atomic mass is 16.5. The van der Waals surface area contributed by atoms with E-state index in [0.29, 0.717) is 18.7 Å². The fourth-order valence-electron chi connectivity index (χ4n) is 3.94. The van der Waals surface area contributed by atoms with Crippen LogP contribution in [-0.4, -0.2) is 37.9 Å². The highest BCUT2D eigenvalue weighted by Crippen LogP contribution is 2.25. The van der Waals surface area contributed by atoms with Crippen LogP contribution in [0.2, 0.25) is 0 Å². The van der Waals surface area contributed by atoms with Gasteiger partial charge in [-0.2, -0.15) is 0 Å². The van der Waals surface area contributed by atoms with Gasteiger partial charge < -0.3 is 14.8 Å². The smallest absolute Gasteiger partial charge is 0.274 e. The molecule has 0 heterocycles. The molecule has 0 radical (unpaired) electrons. The van der Waals surface area contributed by atoms with Crippen molar-refractivity contribution in [2.24, 2.45) is 0 Å². The van der Waals surface area contributed by atoms with E-state index < -0.39 is 5.91 Å². The first kappa shape index (κ1) is 25.0. The van der Waals surface area contributed by atoms with Gasteiger partial charge in [-0.1, -0.05) is 66.7 Å². The Hall–Kier alpha value is -4.13. The second-order valence-corrected chi connectivity index (χ2v) is 8.41. The van der Waals surface area contributed by atoms with Crippen molar-refractivity contribution in [3.05, 3.63) is 113 Å². The number of fused-ring (bicyclic) bond motifs is 1. The van der Waals surface area contributed by atoms with E-state index in [1.54, 1.807) is 24.7 Å². The van der Waals surface area contributed by atoms with Crippen LogP contribution in [0.5, 0.6) is 11.5 Å². The summed E-state index contributed by atoms with van der Waals surface area (Å²) in [6.45, 7) is 1.88. The summed E-state index contributed by atoms with van der Waals surface area (Å²) in [5, 5.41) is 14.6. The largest absolute Gasteiger partial charge is 0.497 e. The van der Waals surface area contributed by atoms with Crippen molar-refractivity contribution < 1.29 is 19.5 Å². The molecule has 4 rings (SSSR count). The van der Waals surface area contributed by atoms with Crippen molar-refractivity contribution in [2.75, 3.05) is 26.8 Å². The zero-order valence-corrected chi connectivity index (χ0v) is 20.2. The van der Waals surface area contributed by atoms with Crippen molar-refractivity contribution in [1.29, 1.82) is 0 Å². The molecule has 0 aromatic heterocycles. The molecule has 0 unspecified atom stereocenters. The summed E-state index contributed by atoms with van der Waals surface area (Å²) < 4.78 is 11.5. The van der Waals surface area contributed by atoms with E-state index >= 15 is 0 Å². The number of rotatable bonds is 11. The number of carbonyl (C=O) groups excluding carboxylic acids is 1. The minimum absolute atomic E-state index is 0.390. The molecule has 0 aliphatic carbocycles. The number of hydrogen-bond acceptors (Lipinski definition) is 5. The normalized spacial score (nSPS) is 11.3. The van der Waals surface area contributed by atoms with Gasteiger partial charge >= 0.3 is 0 Å². The number of hydrogen-bond donors (Lipinski definition) is 3. The van der Waals surface area contributed by atoms with Gasteiger partial charge in [-0.3, -0.25) is 10.0 Å². The van der Waals surface area contributed by atoms with Gasteiger partial charge in [0.2, 0.25) is 0 Å². The van der Waals surface area contributed by atoms with E-state index in [9.17, 15) is 4.79 Å². The van der Waals surface area contributed by atoms with Crippen LogP contribution in [0.25, 0.3) is 16.8 Å². The summed E-state index contributed by atoms with van der Waals surface area (Å²) in [4.78, 5) is 11.6. The fraction of sp³-hybridized carbons (Fsp3) is 0.167. The quantitative estimate of drug-likeness (QED) is 0.154. The predicted octanol–water partition coefficient (Wildman–Crippen LogP) is 5.26. The predicted molar refractivity (Wildman–Crippen MR) is 143 cm³/mol. The molecule has 0 aliphatic heterocycles. The molecular formula is C30H30N2O4. The van der Waals surface area contributed by atoms with Gasteiger partial charge in [0.05, 0.1) is 7.11 Å². The Kier molecular flexibility index (Phi) is 8.70. The highest BCUT2D eigenvalue weighted by molar-refractivity contribution is 5.93. The minimum atomic E-state index is -0.537. The van der Waals surface area contributed by atoms with Gasteiger partial charge in [-0.25, -0.2) is 5.48 Å². The number of methoxy groups -OCH3 is 1. The minimum Gasteiger partial charge on any atom is -0.497 e. The summed E-state index contributed by atoms with van der Waals surface area (Å²) in [5.74, 6) is 1.16. The van der Waals surface area contributed by atoms with Gasteiger partial charge in [0.1, 0.15) is 18.1 Å². The fourth-order valence-corrected chi connectivity index (χ4v) is 3.94. The van der Waals surface area contributed by atoms with Crippen molar-refractivity contribution in [1.82, 2.24) is 10.8 Å². The molecule has 36 heavy (non-hydrogen) atoms. The second-order valence-electron chi connectivity index (χ2n) is 8.41. The molecule has 0 aliphatic rings. The highest BCUT2D eigenvalue weighted by Gasteiger charge is 2.06. The van der Waals surface area contributed by atoms with Crippen LogP contribution in [0.15, 0.2) is 96.6 Å². The summed E-state index contributed by atoms with van der Waals surface area (Å²) in [6.07, 6.45) is 2.96. The lowest BCUT2D eigenvalue weighted by Crippen LogP contribution is -2.22. The third-order valence-electron chi connectivity index (χ3n) is 5.91. The average molecular weight is 483 g/mol. The molecule has 6 heteroatoms. The topological polar surface area (TPSA) is 79.8 Å². The number of benzene rings is 4. The van der Waals surface area contributed by atoms with Crippen LogP contribution in [0, 0.1) is 0 Å². The van der Waals surface area contributed by atoms with Crippen LogP contribution >= 0.6 is 0 Å². The lowest BCUT2D eigenvalue weighted by atomic mass is 10.1. The van der Waals surface area contributed by atoms with Gasteiger partial charge in [0.25, 0.3) is 5.91 Å². The lowest BCUT2D eigenvalue weighted by molar-refractivity contribution is 0.0706. The number of hydroxylamine groups is 1. The van der Waals surface area contributed by atoms with Gasteiger partial charge in [0.15, 0.2) is 0 Å². The third-order valence-corrected chi connectivity index (χ3v) is 5.91. The van der Waals surface area contributed by atoms with Crippen molar-refractivity contribution in [3.8, 4) is 11.5 Å². The van der Waals surface area contributed by atoms with E-state index in [4.69, 9.17) is 14.7 Å². The zero-order valence-electron chi connectivity index (χ0n) is 20.2. The molecule has 0 bridgehead atoms. The molecule has 184 valence electrons. The first-order valence-corrected chi connectivity index (χ1v) is 11.8. The summed E-state index contributed by atoms with van der Waals surface area (Å²) >= 11 is 0.